The second-order valence-corrected chi connectivity index (χ2v) is 6.44. The van der Waals surface area contributed by atoms with Crippen LogP contribution < -0.4 is 15.2 Å². The quantitative estimate of drug-likeness (QED) is 0.444. The van der Waals surface area contributed by atoms with Crippen LogP contribution in [0.5, 0.6) is 11.5 Å². The lowest BCUT2D eigenvalue weighted by Gasteiger charge is -2.12. The van der Waals surface area contributed by atoms with Gasteiger partial charge >= 0.3 is 0 Å². The number of rotatable bonds is 14. The molecule has 0 bridgehead atoms. The Hall–Kier alpha value is -1.17. The normalized spacial score (nSPS) is 11.1. The molecule has 0 unspecified atom stereocenters. The molecule has 0 saturated carbocycles. The van der Waals surface area contributed by atoms with Crippen molar-refractivity contribution in [2.24, 2.45) is 11.7 Å². The van der Waals surface area contributed by atoms with Crippen molar-refractivity contribution in [3.63, 3.8) is 0 Å². The van der Waals surface area contributed by atoms with Crippen LogP contribution in [0.15, 0.2) is 18.2 Å². The van der Waals surface area contributed by atoms with Gasteiger partial charge in [-0.25, -0.2) is 0 Å². The van der Waals surface area contributed by atoms with Gasteiger partial charge in [0.05, 0.1) is 13.7 Å². The zero-order valence-corrected chi connectivity index (χ0v) is 18.3. The Morgan fingerprint density at radius 1 is 1.00 bits per heavy atom. The third-order valence-electron chi connectivity index (χ3n) is 4.32. The molecule has 158 valence electrons. The first-order chi connectivity index (χ1) is 12.1. The van der Waals surface area contributed by atoms with E-state index in [-0.39, 0.29) is 36.6 Å². The van der Waals surface area contributed by atoms with Crippen molar-refractivity contribution in [1.82, 2.24) is 0 Å². The maximum absolute atomic E-state index is 11.0. The summed E-state index contributed by atoms with van der Waals surface area (Å²) in [6.45, 7) is 3.20. The minimum Gasteiger partial charge on any atom is -0.493 e. The highest BCUT2D eigenvalue weighted by Crippen LogP contribution is 2.29. The zero-order chi connectivity index (χ0) is 18.5. The lowest BCUT2D eigenvalue weighted by Crippen LogP contribution is -2.20. The summed E-state index contributed by atoms with van der Waals surface area (Å²) in [7, 11) is 3.35. The molecule has 1 rings (SSSR count). The second kappa shape index (κ2) is 17.0. The zero-order valence-electron chi connectivity index (χ0n) is 16.7. The molecule has 27 heavy (non-hydrogen) atoms. The van der Waals surface area contributed by atoms with Crippen LogP contribution in [0.25, 0.3) is 0 Å². The van der Waals surface area contributed by atoms with Crippen LogP contribution in [0, 0.1) is 5.92 Å². The van der Waals surface area contributed by atoms with E-state index in [1.807, 2.05) is 13.0 Å². The summed E-state index contributed by atoms with van der Waals surface area (Å²) in [6.07, 6.45) is 7.23. The number of unbranched alkanes of at least 4 members (excludes halogenated alkanes) is 3. The third-order valence-corrected chi connectivity index (χ3v) is 4.32. The summed E-state index contributed by atoms with van der Waals surface area (Å²) < 4.78 is 16.2. The number of hydrogen-bond donors (Lipinski definition) is 1. The molecule has 1 atom stereocenters. The van der Waals surface area contributed by atoms with Crippen LogP contribution in [-0.4, -0.2) is 33.3 Å². The van der Waals surface area contributed by atoms with Crippen LogP contribution in [0.2, 0.25) is 0 Å². The van der Waals surface area contributed by atoms with Crippen molar-refractivity contribution in [1.29, 1.82) is 0 Å². The van der Waals surface area contributed by atoms with Gasteiger partial charge in [-0.05, 0) is 37.0 Å². The van der Waals surface area contributed by atoms with E-state index in [2.05, 4.69) is 12.1 Å². The van der Waals surface area contributed by atoms with E-state index < -0.39 is 0 Å². The number of nitrogens with two attached hydrogens (primary N) is 1. The standard InChI is InChI=1S/C20H33NO4.2ClH/c1-16(20(21)22)9-6-4-5-7-10-17-11-12-18(24-3)19(15-17)25-14-8-13-23-2;;/h11-12,15-16H,4-10,13-14H2,1-3H3,(H2,21,22);2*1H/t16-;;/m1../s1. The summed E-state index contributed by atoms with van der Waals surface area (Å²) >= 11 is 0. The SMILES string of the molecule is COCCCOc1cc(CCCCCC[C@@H](C)C(N)=O)ccc1OC.Cl.Cl. The van der Waals surface area contributed by atoms with Crippen LogP contribution >= 0.6 is 24.8 Å². The average Bonchev–Trinajstić information content (AvgIpc) is 2.61. The topological polar surface area (TPSA) is 70.8 Å². The summed E-state index contributed by atoms with van der Waals surface area (Å²) in [5.41, 5.74) is 6.53. The molecule has 2 N–H and O–H groups in total. The molecule has 0 radical (unpaired) electrons. The van der Waals surface area contributed by atoms with E-state index >= 15 is 0 Å². The monoisotopic (exact) mass is 423 g/mol. The fourth-order valence-electron chi connectivity index (χ4n) is 2.65. The van der Waals surface area contributed by atoms with Gasteiger partial charge in [-0.1, -0.05) is 32.3 Å². The number of benzene rings is 1. The smallest absolute Gasteiger partial charge is 0.220 e. The average molecular weight is 424 g/mol. The molecule has 0 aliphatic heterocycles. The molecule has 7 heteroatoms. The molecule has 1 aromatic carbocycles. The van der Waals surface area contributed by atoms with Crippen molar-refractivity contribution < 1.29 is 19.0 Å². The Morgan fingerprint density at radius 2 is 1.70 bits per heavy atom. The van der Waals surface area contributed by atoms with E-state index in [1.165, 1.54) is 5.56 Å². The molecular weight excluding hydrogens is 389 g/mol. The van der Waals surface area contributed by atoms with E-state index in [9.17, 15) is 4.79 Å². The van der Waals surface area contributed by atoms with Crippen molar-refractivity contribution >= 4 is 30.7 Å². The van der Waals surface area contributed by atoms with Gasteiger partial charge in [0, 0.05) is 26.1 Å². The minimum absolute atomic E-state index is 0. The van der Waals surface area contributed by atoms with Crippen molar-refractivity contribution in [2.45, 2.75) is 51.9 Å². The summed E-state index contributed by atoms with van der Waals surface area (Å²) in [6, 6.07) is 6.13. The highest BCUT2D eigenvalue weighted by molar-refractivity contribution is 5.85. The highest BCUT2D eigenvalue weighted by atomic mass is 35.5. The number of carbonyl (C=O) groups is 1. The summed E-state index contributed by atoms with van der Waals surface area (Å²) in [5, 5.41) is 0. The van der Waals surface area contributed by atoms with E-state index in [0.29, 0.717) is 13.2 Å². The number of amides is 1. The number of carbonyl (C=O) groups excluding carboxylic acids is 1. The molecule has 0 saturated heterocycles. The molecule has 0 fully saturated rings. The first-order valence-corrected chi connectivity index (χ1v) is 9.16. The number of ether oxygens (including phenoxy) is 3. The highest BCUT2D eigenvalue weighted by Gasteiger charge is 2.08. The summed E-state index contributed by atoms with van der Waals surface area (Å²) in [5.74, 6) is 1.35. The van der Waals surface area contributed by atoms with Gasteiger partial charge < -0.3 is 19.9 Å². The number of halogens is 2. The fraction of sp³-hybridized carbons (Fsp3) is 0.650. The number of hydrogen-bond acceptors (Lipinski definition) is 4. The Kier molecular flexibility index (Phi) is 17.6. The number of primary amides is 1. The van der Waals surface area contributed by atoms with Gasteiger partial charge in [0.1, 0.15) is 0 Å². The van der Waals surface area contributed by atoms with Crippen molar-refractivity contribution in [2.75, 3.05) is 27.4 Å². The Balaban J connectivity index is 0. The molecule has 0 aliphatic rings. The first kappa shape index (κ1) is 28.0. The molecule has 0 aromatic heterocycles. The summed E-state index contributed by atoms with van der Waals surface area (Å²) in [4.78, 5) is 11.0. The van der Waals surface area contributed by atoms with Gasteiger partial charge in [0.2, 0.25) is 5.91 Å². The molecule has 1 amide bonds. The maximum Gasteiger partial charge on any atom is 0.220 e. The first-order valence-electron chi connectivity index (χ1n) is 9.16. The van der Waals surface area contributed by atoms with E-state index in [0.717, 1.165) is 56.4 Å². The minimum atomic E-state index is -0.198. The maximum atomic E-state index is 11.0. The van der Waals surface area contributed by atoms with Crippen molar-refractivity contribution in [3.05, 3.63) is 23.8 Å². The van der Waals surface area contributed by atoms with Gasteiger partial charge in [0.25, 0.3) is 0 Å². The third kappa shape index (κ3) is 12.0. The van der Waals surface area contributed by atoms with E-state index in [4.69, 9.17) is 19.9 Å². The lowest BCUT2D eigenvalue weighted by molar-refractivity contribution is -0.121. The number of methoxy groups -OCH3 is 2. The predicted octanol–water partition coefficient (Wildman–Crippen LogP) is 4.57. The van der Waals surface area contributed by atoms with Crippen LogP contribution in [-0.2, 0) is 16.0 Å². The molecule has 0 aliphatic carbocycles. The van der Waals surface area contributed by atoms with Crippen LogP contribution in [0.1, 0.15) is 51.0 Å². The molecule has 5 nitrogen and oxygen atoms in total. The lowest BCUT2D eigenvalue weighted by atomic mass is 10.0. The Morgan fingerprint density at radius 3 is 2.33 bits per heavy atom. The second-order valence-electron chi connectivity index (χ2n) is 6.44. The molecule has 0 heterocycles. The Bertz CT molecular complexity index is 515. The van der Waals surface area contributed by atoms with Crippen molar-refractivity contribution in [3.8, 4) is 11.5 Å². The Labute approximate surface area is 176 Å². The number of aryl methyl sites for hydroxylation is 1. The molecule has 0 spiro atoms. The van der Waals surface area contributed by atoms with Crippen LogP contribution in [0.3, 0.4) is 0 Å². The fourth-order valence-corrected chi connectivity index (χ4v) is 2.65. The molecule has 1 aromatic rings. The van der Waals surface area contributed by atoms with Gasteiger partial charge in [-0.3, -0.25) is 4.79 Å². The van der Waals surface area contributed by atoms with E-state index in [1.54, 1.807) is 14.2 Å². The van der Waals surface area contributed by atoms with Gasteiger partial charge in [-0.2, -0.15) is 0 Å². The predicted molar refractivity (Wildman–Crippen MR) is 115 cm³/mol. The van der Waals surface area contributed by atoms with Crippen LogP contribution in [0.4, 0.5) is 0 Å². The molecular formula is C20H35Cl2NO4. The largest absolute Gasteiger partial charge is 0.493 e. The van der Waals surface area contributed by atoms with Gasteiger partial charge in [0.15, 0.2) is 11.5 Å². The van der Waals surface area contributed by atoms with Gasteiger partial charge in [-0.15, -0.1) is 24.8 Å².